The number of hydrogen-bond acceptors (Lipinski definition) is 4. The van der Waals surface area contributed by atoms with Crippen LogP contribution in [0.1, 0.15) is 5.56 Å². The molecule has 5 heteroatoms. The van der Waals surface area contributed by atoms with Crippen molar-refractivity contribution in [3.05, 3.63) is 29.8 Å². The van der Waals surface area contributed by atoms with Crippen molar-refractivity contribution in [2.24, 2.45) is 4.99 Å². The minimum atomic E-state index is 0.601. The van der Waals surface area contributed by atoms with Gasteiger partial charge < -0.3 is 5.32 Å². The molecule has 0 heterocycles. The van der Waals surface area contributed by atoms with E-state index >= 15 is 0 Å². The first-order chi connectivity index (χ1) is 7.80. The van der Waals surface area contributed by atoms with Crippen LogP contribution in [0.25, 0.3) is 0 Å². The van der Waals surface area contributed by atoms with Crippen molar-refractivity contribution in [3.63, 3.8) is 0 Å². The fourth-order valence-corrected chi connectivity index (χ4v) is 1.57. The van der Waals surface area contributed by atoms with Crippen LogP contribution in [0.15, 0.2) is 29.3 Å². The maximum atomic E-state index is 8.52. The molecule has 2 N–H and O–H groups in total. The summed E-state index contributed by atoms with van der Waals surface area (Å²) in [4.78, 5) is 4.33. The Morgan fingerprint density at radius 2 is 2.38 bits per heavy atom. The quantitative estimate of drug-likeness (QED) is 0.362. The van der Waals surface area contributed by atoms with Crippen molar-refractivity contribution in [2.45, 2.75) is 6.54 Å². The molecule has 0 saturated heterocycles. The molecule has 0 saturated carbocycles. The molecule has 1 aromatic rings. The fourth-order valence-electron chi connectivity index (χ4n) is 1.23. The Balaban J connectivity index is 2.87. The summed E-state index contributed by atoms with van der Waals surface area (Å²) in [5.41, 5.74) is 2.01. The van der Waals surface area contributed by atoms with E-state index in [4.69, 9.17) is 5.26 Å². The Bertz CT molecular complexity index is 409. The lowest BCUT2D eigenvalue weighted by molar-refractivity contribution is 0.818. The zero-order chi connectivity index (χ0) is 11.8. The van der Waals surface area contributed by atoms with E-state index in [0.29, 0.717) is 5.17 Å². The number of hydrogen-bond donors (Lipinski definition) is 2. The van der Waals surface area contributed by atoms with Crippen molar-refractivity contribution in [1.82, 2.24) is 10.6 Å². The smallest absolute Gasteiger partial charge is 0.183 e. The second-order valence-corrected chi connectivity index (χ2v) is 3.85. The summed E-state index contributed by atoms with van der Waals surface area (Å²) in [6, 6.07) is 7.89. The van der Waals surface area contributed by atoms with Crippen LogP contribution in [-0.2, 0) is 6.54 Å². The molecule has 84 valence electrons. The van der Waals surface area contributed by atoms with Crippen molar-refractivity contribution in [1.29, 1.82) is 5.26 Å². The first-order valence-electron chi connectivity index (χ1n) is 4.81. The van der Waals surface area contributed by atoms with Gasteiger partial charge in [-0.05, 0) is 31.0 Å². The molecular weight excluding hydrogens is 220 g/mol. The molecule has 0 atom stereocenters. The second kappa shape index (κ2) is 6.88. The maximum absolute atomic E-state index is 8.52. The zero-order valence-corrected chi connectivity index (χ0v) is 10.1. The van der Waals surface area contributed by atoms with Crippen LogP contribution in [0.3, 0.4) is 0 Å². The molecule has 0 unspecified atom stereocenters. The van der Waals surface area contributed by atoms with Crippen molar-refractivity contribution in [2.75, 3.05) is 13.3 Å². The van der Waals surface area contributed by atoms with E-state index in [1.54, 1.807) is 0 Å². The van der Waals surface area contributed by atoms with Gasteiger partial charge in [-0.15, -0.1) is 0 Å². The number of nitriles is 1. The predicted molar refractivity (Wildman–Crippen MR) is 68.6 cm³/mol. The van der Waals surface area contributed by atoms with Crippen LogP contribution < -0.4 is 10.6 Å². The first-order valence-corrected chi connectivity index (χ1v) is 6.04. The number of aliphatic imine (C=N–C) groups is 1. The van der Waals surface area contributed by atoms with Crippen LogP contribution in [0.5, 0.6) is 0 Å². The highest BCUT2D eigenvalue weighted by Crippen LogP contribution is 2.15. The number of nitrogens with zero attached hydrogens (tertiary/aromatic N) is 2. The third-order valence-corrected chi connectivity index (χ3v) is 2.46. The van der Waals surface area contributed by atoms with E-state index in [-0.39, 0.29) is 0 Å². The Labute approximate surface area is 99.8 Å². The average molecular weight is 234 g/mol. The van der Waals surface area contributed by atoms with Gasteiger partial charge in [-0.1, -0.05) is 23.9 Å². The highest BCUT2D eigenvalue weighted by molar-refractivity contribution is 8.13. The number of thioether (sulfide) groups is 1. The molecule has 0 spiro atoms. The van der Waals surface area contributed by atoms with Gasteiger partial charge in [0.25, 0.3) is 0 Å². The van der Waals surface area contributed by atoms with Crippen molar-refractivity contribution >= 4 is 22.6 Å². The van der Waals surface area contributed by atoms with E-state index in [9.17, 15) is 0 Å². The molecule has 0 radical (unpaired) electrons. The third kappa shape index (κ3) is 3.93. The first kappa shape index (κ1) is 12.6. The molecule has 1 aromatic carbocycles. The van der Waals surface area contributed by atoms with Crippen LogP contribution in [-0.4, -0.2) is 18.5 Å². The molecule has 0 aliphatic rings. The minimum Gasteiger partial charge on any atom is -0.316 e. The zero-order valence-electron chi connectivity index (χ0n) is 9.32. The summed E-state index contributed by atoms with van der Waals surface area (Å²) < 4.78 is 0. The van der Waals surface area contributed by atoms with Gasteiger partial charge >= 0.3 is 0 Å². The van der Waals surface area contributed by atoms with Crippen LogP contribution >= 0.6 is 11.8 Å². The van der Waals surface area contributed by atoms with Crippen LogP contribution in [0.2, 0.25) is 0 Å². The number of benzene rings is 1. The van der Waals surface area contributed by atoms with Crippen molar-refractivity contribution < 1.29 is 0 Å². The average Bonchev–Trinajstić information content (AvgIpc) is 2.29. The van der Waals surface area contributed by atoms with E-state index in [1.165, 1.54) is 17.3 Å². The number of amidine groups is 1. The molecule has 0 aliphatic carbocycles. The van der Waals surface area contributed by atoms with E-state index in [2.05, 4.69) is 15.6 Å². The summed E-state index contributed by atoms with van der Waals surface area (Å²) in [6.45, 7) is 0.809. The highest BCUT2D eigenvalue weighted by Gasteiger charge is 1.97. The summed E-state index contributed by atoms with van der Waals surface area (Å²) in [5, 5.41) is 14.7. The topological polar surface area (TPSA) is 60.2 Å². The van der Waals surface area contributed by atoms with E-state index < -0.39 is 0 Å². The predicted octanol–water partition coefficient (Wildman–Crippen LogP) is 1.83. The van der Waals surface area contributed by atoms with Gasteiger partial charge in [-0.2, -0.15) is 5.26 Å². The van der Waals surface area contributed by atoms with Crippen LogP contribution in [0, 0.1) is 11.5 Å². The molecule has 16 heavy (non-hydrogen) atoms. The molecule has 0 amide bonds. The standard InChI is InChI=1S/C11H14N4S/c1-13-7-9-4-3-5-10(6-9)15-11(16-2)14-8-12/h3-6,13H,7H2,1-2H3,(H,14,15). The monoisotopic (exact) mass is 234 g/mol. The van der Waals surface area contributed by atoms with Gasteiger partial charge in [0.2, 0.25) is 0 Å². The lowest BCUT2D eigenvalue weighted by Crippen LogP contribution is -2.12. The van der Waals surface area contributed by atoms with Gasteiger partial charge in [0.05, 0.1) is 5.69 Å². The highest BCUT2D eigenvalue weighted by atomic mass is 32.2. The summed E-state index contributed by atoms with van der Waals surface area (Å²) in [7, 11) is 1.90. The molecule has 4 nitrogen and oxygen atoms in total. The molecule has 0 bridgehead atoms. The molecule has 0 fully saturated rings. The van der Waals surface area contributed by atoms with Crippen LogP contribution in [0.4, 0.5) is 5.69 Å². The van der Waals surface area contributed by atoms with E-state index in [1.807, 2.05) is 43.8 Å². The second-order valence-electron chi connectivity index (χ2n) is 3.06. The Morgan fingerprint density at radius 3 is 3.00 bits per heavy atom. The van der Waals surface area contributed by atoms with Gasteiger partial charge in [-0.25, -0.2) is 4.99 Å². The summed E-state index contributed by atoms with van der Waals surface area (Å²) >= 11 is 1.41. The SMILES string of the molecule is CNCc1cccc(N=C(NC#N)SC)c1. The van der Waals surface area contributed by atoms with Crippen molar-refractivity contribution in [3.8, 4) is 6.19 Å². The summed E-state index contributed by atoms with van der Waals surface area (Å²) in [5.74, 6) is 0. The Kier molecular flexibility index (Phi) is 5.40. The van der Waals surface area contributed by atoms with Gasteiger partial charge in [-0.3, -0.25) is 5.32 Å². The minimum absolute atomic E-state index is 0.601. The Morgan fingerprint density at radius 1 is 1.56 bits per heavy atom. The van der Waals surface area contributed by atoms with Gasteiger partial charge in [0.15, 0.2) is 11.4 Å². The van der Waals surface area contributed by atoms with Gasteiger partial charge in [0.1, 0.15) is 0 Å². The number of nitrogens with one attached hydrogen (secondary N) is 2. The molecule has 0 aromatic heterocycles. The van der Waals surface area contributed by atoms with E-state index in [0.717, 1.165) is 12.2 Å². The maximum Gasteiger partial charge on any atom is 0.183 e. The molecule has 0 aliphatic heterocycles. The lowest BCUT2D eigenvalue weighted by Gasteiger charge is -2.03. The fraction of sp³-hybridized carbons (Fsp3) is 0.273. The summed E-state index contributed by atoms with van der Waals surface area (Å²) in [6.07, 6.45) is 3.74. The van der Waals surface area contributed by atoms with Gasteiger partial charge in [0, 0.05) is 6.54 Å². The largest absolute Gasteiger partial charge is 0.316 e. The lowest BCUT2D eigenvalue weighted by atomic mass is 10.2. The normalized spacial score (nSPS) is 10.9. The third-order valence-electron chi connectivity index (χ3n) is 1.88. The molecule has 1 rings (SSSR count). The number of rotatable bonds is 3. The Hall–Kier alpha value is -1.51. The molecular formula is C11H14N4S.